The molecule has 0 amide bonds. The van der Waals surface area contributed by atoms with Gasteiger partial charge in [-0.1, -0.05) is 27.2 Å². The number of nitrogens with zero attached hydrogens (tertiary/aromatic N) is 2. The van der Waals surface area contributed by atoms with Crippen molar-refractivity contribution in [3.05, 3.63) is 35.9 Å². The first kappa shape index (κ1) is 9.33. The lowest BCUT2D eigenvalue weighted by molar-refractivity contribution is 0.424. The van der Waals surface area contributed by atoms with Gasteiger partial charge in [-0.3, -0.25) is 0 Å². The number of alkyl halides is 1. The molecule has 14 heavy (non-hydrogen) atoms. The van der Waals surface area contributed by atoms with Gasteiger partial charge in [0, 0.05) is 11.4 Å². The van der Waals surface area contributed by atoms with E-state index in [9.17, 15) is 4.39 Å². The summed E-state index contributed by atoms with van der Waals surface area (Å²) in [5.74, 6) is -0.0572. The van der Waals surface area contributed by atoms with Crippen LogP contribution >= 0.6 is 15.9 Å². The molecule has 5 heteroatoms. The van der Waals surface area contributed by atoms with Crippen LogP contribution in [0.2, 0.25) is 0 Å². The predicted molar refractivity (Wildman–Crippen MR) is 52.3 cm³/mol. The molecule has 0 saturated carbocycles. The lowest BCUT2D eigenvalue weighted by Crippen LogP contribution is -1.84. The number of rotatable bonds is 2. The zero-order valence-corrected chi connectivity index (χ0v) is 8.66. The summed E-state index contributed by atoms with van der Waals surface area (Å²) in [6.07, 6.45) is 0. The van der Waals surface area contributed by atoms with Crippen LogP contribution in [0.1, 0.15) is 5.69 Å². The Bertz CT molecular complexity index is 444. The van der Waals surface area contributed by atoms with Crippen molar-refractivity contribution in [2.24, 2.45) is 0 Å². The Labute approximate surface area is 88.1 Å². The number of hydrogen-bond donors (Lipinski definition) is 0. The van der Waals surface area contributed by atoms with Crippen LogP contribution in [0.25, 0.3) is 11.5 Å². The van der Waals surface area contributed by atoms with Crippen LogP contribution in [0.4, 0.5) is 4.39 Å². The van der Waals surface area contributed by atoms with E-state index in [0.29, 0.717) is 16.8 Å². The van der Waals surface area contributed by atoms with Gasteiger partial charge in [0.25, 0.3) is 0 Å². The Morgan fingerprint density at radius 1 is 1.43 bits per heavy atom. The fraction of sp³-hybridized carbons (Fsp3) is 0.111. The second kappa shape index (κ2) is 3.88. The van der Waals surface area contributed by atoms with Crippen LogP contribution in [-0.4, -0.2) is 10.1 Å². The van der Waals surface area contributed by atoms with E-state index in [2.05, 4.69) is 26.1 Å². The van der Waals surface area contributed by atoms with Gasteiger partial charge in [0.1, 0.15) is 5.69 Å². The molecule has 0 aliphatic heterocycles. The summed E-state index contributed by atoms with van der Waals surface area (Å²) in [6, 6.07) is 6.25. The van der Waals surface area contributed by atoms with Crippen LogP contribution in [0.3, 0.4) is 0 Å². The minimum atomic E-state index is -0.528. The van der Waals surface area contributed by atoms with Crippen molar-refractivity contribution < 1.29 is 8.91 Å². The van der Waals surface area contributed by atoms with Crippen molar-refractivity contribution in [1.29, 1.82) is 0 Å². The molecule has 0 unspecified atom stereocenters. The summed E-state index contributed by atoms with van der Waals surface area (Å²) in [6.45, 7) is 0. The Morgan fingerprint density at radius 3 is 2.93 bits per heavy atom. The first-order valence-corrected chi connectivity index (χ1v) is 5.06. The zero-order chi connectivity index (χ0) is 9.97. The topological polar surface area (TPSA) is 38.9 Å². The number of pyridine rings is 1. The zero-order valence-electron chi connectivity index (χ0n) is 7.08. The molecule has 0 fully saturated rings. The van der Waals surface area contributed by atoms with Crippen molar-refractivity contribution in [3.63, 3.8) is 0 Å². The van der Waals surface area contributed by atoms with Gasteiger partial charge in [-0.2, -0.15) is 4.39 Å². The minimum absolute atomic E-state index is 0.449. The molecule has 2 aromatic heterocycles. The molecular weight excluding hydrogens is 251 g/mol. The third-order valence-electron chi connectivity index (χ3n) is 1.66. The summed E-state index contributed by atoms with van der Waals surface area (Å²) in [7, 11) is 0. The second-order valence-electron chi connectivity index (χ2n) is 2.66. The second-order valence-corrected chi connectivity index (χ2v) is 3.22. The maximum atomic E-state index is 12.8. The monoisotopic (exact) mass is 256 g/mol. The number of halogens is 2. The first-order valence-electron chi connectivity index (χ1n) is 3.94. The summed E-state index contributed by atoms with van der Waals surface area (Å²) < 4.78 is 17.7. The van der Waals surface area contributed by atoms with E-state index in [1.807, 2.05) is 0 Å². The number of aromatic nitrogens is 2. The molecule has 0 atom stereocenters. The van der Waals surface area contributed by atoms with Crippen molar-refractivity contribution in [2.45, 2.75) is 5.33 Å². The van der Waals surface area contributed by atoms with Gasteiger partial charge in [0.05, 0.1) is 5.69 Å². The molecule has 0 spiro atoms. The molecule has 0 saturated heterocycles. The van der Waals surface area contributed by atoms with Crippen molar-refractivity contribution in [3.8, 4) is 11.5 Å². The summed E-state index contributed by atoms with van der Waals surface area (Å²) >= 11 is 3.24. The van der Waals surface area contributed by atoms with E-state index >= 15 is 0 Å². The van der Waals surface area contributed by atoms with Crippen molar-refractivity contribution in [1.82, 2.24) is 10.1 Å². The van der Waals surface area contributed by atoms with Crippen LogP contribution in [0.15, 0.2) is 28.8 Å². The molecule has 2 heterocycles. The van der Waals surface area contributed by atoms with E-state index < -0.39 is 5.95 Å². The van der Waals surface area contributed by atoms with Crippen molar-refractivity contribution in [2.75, 3.05) is 0 Å². The molecule has 72 valence electrons. The van der Waals surface area contributed by atoms with Gasteiger partial charge >= 0.3 is 0 Å². The Morgan fingerprint density at radius 2 is 2.29 bits per heavy atom. The number of hydrogen-bond acceptors (Lipinski definition) is 3. The fourth-order valence-corrected chi connectivity index (χ4v) is 1.31. The van der Waals surface area contributed by atoms with Crippen LogP contribution in [0.5, 0.6) is 0 Å². The molecule has 0 aromatic carbocycles. The summed E-state index contributed by atoms with van der Waals surface area (Å²) in [5, 5.41) is 4.36. The van der Waals surface area contributed by atoms with Gasteiger partial charge in [0.15, 0.2) is 5.76 Å². The van der Waals surface area contributed by atoms with Crippen molar-refractivity contribution >= 4 is 15.9 Å². The molecule has 0 bridgehead atoms. The average Bonchev–Trinajstić information content (AvgIpc) is 2.66. The van der Waals surface area contributed by atoms with E-state index in [-0.39, 0.29) is 0 Å². The van der Waals surface area contributed by atoms with E-state index in [0.717, 1.165) is 5.69 Å². The molecule has 0 aliphatic carbocycles. The van der Waals surface area contributed by atoms with Gasteiger partial charge in [-0.15, -0.1) is 0 Å². The van der Waals surface area contributed by atoms with Crippen LogP contribution < -0.4 is 0 Å². The lowest BCUT2D eigenvalue weighted by Gasteiger charge is -1.92. The summed E-state index contributed by atoms with van der Waals surface area (Å²) in [4.78, 5) is 3.68. The Kier molecular flexibility index (Phi) is 2.58. The third-order valence-corrected chi connectivity index (χ3v) is 2.24. The molecule has 0 radical (unpaired) electrons. The van der Waals surface area contributed by atoms with Gasteiger partial charge in [-0.25, -0.2) is 4.98 Å². The maximum absolute atomic E-state index is 12.8. The Hall–Kier alpha value is -1.23. The van der Waals surface area contributed by atoms with E-state index in [4.69, 9.17) is 4.52 Å². The molecule has 0 aliphatic rings. The minimum Gasteiger partial charge on any atom is -0.354 e. The fourth-order valence-electron chi connectivity index (χ4n) is 1.04. The highest BCUT2D eigenvalue weighted by molar-refractivity contribution is 9.08. The smallest absolute Gasteiger partial charge is 0.213 e. The Balaban J connectivity index is 2.39. The molecule has 3 nitrogen and oxygen atoms in total. The molecule has 2 aromatic rings. The van der Waals surface area contributed by atoms with Gasteiger partial charge < -0.3 is 4.52 Å². The SMILES string of the molecule is Fc1cccc(-c2cc(CBr)no2)n1. The van der Waals surface area contributed by atoms with Crippen LogP contribution in [-0.2, 0) is 5.33 Å². The van der Waals surface area contributed by atoms with Crippen LogP contribution in [0, 0.1) is 5.95 Å². The maximum Gasteiger partial charge on any atom is 0.213 e. The summed E-state index contributed by atoms with van der Waals surface area (Å²) in [5.41, 5.74) is 1.20. The predicted octanol–water partition coefficient (Wildman–Crippen LogP) is 2.77. The lowest BCUT2D eigenvalue weighted by atomic mass is 10.3. The standard InChI is InChI=1S/C9H6BrFN2O/c10-5-6-4-8(14-13-6)7-2-1-3-9(11)12-7/h1-4H,5H2. The largest absolute Gasteiger partial charge is 0.354 e. The van der Waals surface area contributed by atoms with E-state index in [1.54, 1.807) is 18.2 Å². The average molecular weight is 257 g/mol. The normalized spacial score (nSPS) is 10.4. The highest BCUT2D eigenvalue weighted by Gasteiger charge is 2.07. The first-order chi connectivity index (χ1) is 6.79. The van der Waals surface area contributed by atoms with Gasteiger partial charge in [0.2, 0.25) is 5.95 Å². The quantitative estimate of drug-likeness (QED) is 0.613. The molecular formula is C9H6BrFN2O. The third kappa shape index (κ3) is 1.82. The van der Waals surface area contributed by atoms with Gasteiger partial charge in [-0.05, 0) is 12.1 Å². The highest BCUT2D eigenvalue weighted by atomic mass is 79.9. The molecule has 0 N–H and O–H groups in total. The highest BCUT2D eigenvalue weighted by Crippen LogP contribution is 2.18. The molecule has 2 rings (SSSR count). The van der Waals surface area contributed by atoms with E-state index in [1.165, 1.54) is 6.07 Å².